The Balaban J connectivity index is 0. The van der Waals surface area contributed by atoms with Crippen molar-refractivity contribution in [2.75, 3.05) is 0 Å². The average molecular weight is 232 g/mol. The van der Waals surface area contributed by atoms with Crippen molar-refractivity contribution in [3.63, 3.8) is 0 Å². The Labute approximate surface area is 102 Å². The van der Waals surface area contributed by atoms with Crippen molar-refractivity contribution in [3.8, 4) is 0 Å². The summed E-state index contributed by atoms with van der Waals surface area (Å²) in [5.74, 6) is 0. The third-order valence-electron chi connectivity index (χ3n) is 1.73. The van der Waals surface area contributed by atoms with Gasteiger partial charge in [-0.3, -0.25) is 0 Å². The molecule has 2 atom stereocenters. The minimum absolute atomic E-state index is 0.250. The summed E-state index contributed by atoms with van der Waals surface area (Å²) in [6, 6.07) is 0. The van der Waals surface area contributed by atoms with Gasteiger partial charge < -0.3 is 5.11 Å². The Morgan fingerprint density at radius 2 is 1.20 bits per heavy atom. The molecular formula is C11H25AlO3. The van der Waals surface area contributed by atoms with Crippen LogP contribution in [0.25, 0.3) is 0 Å². The Morgan fingerprint density at radius 3 is 1.40 bits per heavy atom. The Kier molecular flexibility index (Phi) is 14.8. The molecule has 90 valence electrons. The summed E-state index contributed by atoms with van der Waals surface area (Å²) in [5.41, 5.74) is 0. The zero-order valence-electron chi connectivity index (χ0n) is 10.9. The summed E-state index contributed by atoms with van der Waals surface area (Å²) < 4.78 is 10.8. The van der Waals surface area contributed by atoms with Gasteiger partial charge in [0.05, 0.1) is 0 Å². The van der Waals surface area contributed by atoms with Crippen LogP contribution >= 0.6 is 0 Å². The Hall–Kier alpha value is 0.412. The molecule has 0 heterocycles. The van der Waals surface area contributed by atoms with Crippen LogP contribution in [0.1, 0.15) is 54.4 Å². The summed E-state index contributed by atoms with van der Waals surface area (Å²) in [6.45, 7) is 11.6. The van der Waals surface area contributed by atoms with Crippen LogP contribution in [0.2, 0.25) is 0 Å². The molecule has 2 unspecified atom stereocenters. The normalized spacial score (nSPS) is 13.9. The summed E-state index contributed by atoms with van der Waals surface area (Å²) in [6.07, 6.45) is 2.43. The molecule has 0 aliphatic carbocycles. The van der Waals surface area contributed by atoms with Crippen LogP contribution in [0.4, 0.5) is 0 Å². The second kappa shape index (κ2) is 12.5. The van der Waals surface area contributed by atoms with Crippen LogP contribution in [0.3, 0.4) is 0 Å². The third kappa shape index (κ3) is 20.5. The van der Waals surface area contributed by atoms with Crippen LogP contribution in [0.5, 0.6) is 0 Å². The second-order valence-corrected chi connectivity index (χ2v) is 4.59. The van der Waals surface area contributed by atoms with Gasteiger partial charge in [-0.1, -0.05) is 13.8 Å². The first-order valence-electron chi connectivity index (χ1n) is 5.72. The van der Waals surface area contributed by atoms with E-state index in [2.05, 4.69) is 27.7 Å². The molecule has 0 aromatic carbocycles. The zero-order valence-corrected chi connectivity index (χ0v) is 12.1. The molecule has 0 aliphatic heterocycles. The predicted molar refractivity (Wildman–Crippen MR) is 62.6 cm³/mol. The number of hydrogen-bond acceptors (Lipinski definition) is 3. The molecule has 0 amide bonds. The summed E-state index contributed by atoms with van der Waals surface area (Å²) in [4.78, 5) is 0. The van der Waals surface area contributed by atoms with E-state index < -0.39 is 6.10 Å². The van der Waals surface area contributed by atoms with Crippen molar-refractivity contribution < 1.29 is 12.7 Å². The van der Waals surface area contributed by atoms with E-state index in [0.717, 1.165) is 12.8 Å². The van der Waals surface area contributed by atoms with Gasteiger partial charge in [0, 0.05) is 0 Å². The van der Waals surface area contributed by atoms with Gasteiger partial charge >= 0.3 is 76.2 Å². The predicted octanol–water partition coefficient (Wildman–Crippen LogP) is 1.91. The first kappa shape index (κ1) is 17.8. The minimum atomic E-state index is -0.417. The fourth-order valence-corrected chi connectivity index (χ4v) is 1.24. The van der Waals surface area contributed by atoms with E-state index in [0.29, 0.717) is 12.2 Å². The average Bonchev–Trinajstić information content (AvgIpc) is 2.16. The quantitative estimate of drug-likeness (QED) is 0.657. The van der Waals surface area contributed by atoms with Gasteiger partial charge in [0.2, 0.25) is 0 Å². The molecule has 15 heavy (non-hydrogen) atoms. The summed E-state index contributed by atoms with van der Waals surface area (Å²) in [5, 5.41) is 9.53. The van der Waals surface area contributed by atoms with Crippen LogP contribution in [0, 0.1) is 0 Å². The molecule has 0 fully saturated rings. The maximum absolute atomic E-state index is 9.53. The topological polar surface area (TPSA) is 41.5 Å². The van der Waals surface area contributed by atoms with Gasteiger partial charge in [-0.05, 0) is 0 Å². The van der Waals surface area contributed by atoms with Gasteiger partial charge in [0.25, 0.3) is 0 Å². The van der Waals surface area contributed by atoms with Crippen molar-refractivity contribution in [3.05, 3.63) is 0 Å². The third-order valence-corrected chi connectivity index (χ3v) is 2.88. The van der Waals surface area contributed by atoms with Crippen molar-refractivity contribution >= 4 is 15.9 Å². The molecule has 3 nitrogen and oxygen atoms in total. The maximum atomic E-state index is 9.53. The molecule has 0 N–H and O–H groups in total. The Morgan fingerprint density at radius 1 is 0.933 bits per heavy atom. The van der Waals surface area contributed by atoms with E-state index in [1.807, 2.05) is 0 Å². The molecule has 0 radical (unpaired) electrons. The molecule has 0 aromatic heterocycles. The zero-order chi connectivity index (χ0) is 12.3. The molecule has 0 bridgehead atoms. The van der Waals surface area contributed by atoms with E-state index in [1.165, 1.54) is 0 Å². The van der Waals surface area contributed by atoms with Crippen LogP contribution in [-0.2, 0) is 7.58 Å². The van der Waals surface area contributed by atoms with Gasteiger partial charge in [-0.25, -0.2) is 0 Å². The van der Waals surface area contributed by atoms with Crippen molar-refractivity contribution in [1.82, 2.24) is 0 Å². The monoisotopic (exact) mass is 232 g/mol. The second-order valence-electron chi connectivity index (χ2n) is 3.85. The summed E-state index contributed by atoms with van der Waals surface area (Å²) >= 11 is -0.250. The van der Waals surface area contributed by atoms with Crippen molar-refractivity contribution in [2.24, 2.45) is 0 Å². The standard InChI is InChI=1S/2C4H9O.C3H7O.Al/c2*1-3-4(2)5;1-3(2)4;/h2*4H,3H2,1-2H3;3H,1-2H3;/q3*-1;+3. The fourth-order valence-electron chi connectivity index (χ4n) is 0.414. The van der Waals surface area contributed by atoms with Gasteiger partial charge in [0.1, 0.15) is 0 Å². The SMILES string of the molecule is CC(C)[O-].CCC(C)[O][Al+][O]C(C)CC. The van der Waals surface area contributed by atoms with Crippen LogP contribution in [-0.4, -0.2) is 34.2 Å². The van der Waals surface area contributed by atoms with E-state index in [-0.39, 0.29) is 15.9 Å². The molecule has 0 saturated heterocycles. The molecule has 0 spiro atoms. The van der Waals surface area contributed by atoms with Gasteiger partial charge in [0.15, 0.2) is 0 Å². The molecular weight excluding hydrogens is 207 g/mol. The van der Waals surface area contributed by atoms with Crippen molar-refractivity contribution in [1.29, 1.82) is 0 Å². The molecule has 4 heteroatoms. The van der Waals surface area contributed by atoms with Crippen LogP contribution in [0.15, 0.2) is 0 Å². The van der Waals surface area contributed by atoms with Gasteiger partial charge in [-0.2, -0.15) is 0 Å². The van der Waals surface area contributed by atoms with Crippen molar-refractivity contribution in [2.45, 2.75) is 72.7 Å². The molecule has 0 aliphatic rings. The first-order chi connectivity index (χ1) is 6.93. The van der Waals surface area contributed by atoms with E-state index >= 15 is 0 Å². The van der Waals surface area contributed by atoms with E-state index in [9.17, 15) is 5.11 Å². The van der Waals surface area contributed by atoms with Crippen LogP contribution < -0.4 is 5.11 Å². The van der Waals surface area contributed by atoms with E-state index in [4.69, 9.17) is 7.58 Å². The van der Waals surface area contributed by atoms with Gasteiger partial charge in [-0.15, -0.1) is 6.10 Å². The number of hydrogen-bond donors (Lipinski definition) is 0. The summed E-state index contributed by atoms with van der Waals surface area (Å²) in [7, 11) is 0. The molecule has 0 saturated carbocycles. The van der Waals surface area contributed by atoms with E-state index in [1.54, 1.807) is 13.8 Å². The first-order valence-corrected chi connectivity index (χ1v) is 6.66. The Bertz CT molecular complexity index is 108. The molecule has 0 aromatic rings. The number of rotatable bonds is 6. The molecule has 0 rings (SSSR count). The fraction of sp³-hybridized carbons (Fsp3) is 1.00.